The first-order valence-corrected chi connectivity index (χ1v) is 9.82. The number of benzene rings is 1. The normalized spacial score (nSPS) is 36.8. The zero-order chi connectivity index (χ0) is 18.9. The number of hydrazine groups is 1. The van der Waals surface area contributed by atoms with Crippen molar-refractivity contribution in [2.24, 2.45) is 22.2 Å². The van der Waals surface area contributed by atoms with E-state index in [1.165, 1.54) is 19.3 Å². The average Bonchev–Trinajstić information content (AvgIpc) is 2.98. The summed E-state index contributed by atoms with van der Waals surface area (Å²) in [6.07, 6.45) is 6.80. The van der Waals surface area contributed by atoms with Crippen LogP contribution in [-0.4, -0.2) is 18.0 Å². The maximum atomic E-state index is 13.2. The van der Waals surface area contributed by atoms with Crippen molar-refractivity contribution in [3.8, 4) is 5.75 Å². The lowest BCUT2D eigenvalue weighted by atomic mass is 9.40. The molecule has 4 fully saturated rings. The van der Waals surface area contributed by atoms with Crippen LogP contribution in [0.2, 0.25) is 0 Å². The number of hydrogen-bond donors (Lipinski definition) is 2. The third-order valence-electron chi connectivity index (χ3n) is 6.99. The lowest BCUT2D eigenvalue weighted by Crippen LogP contribution is -2.60. The van der Waals surface area contributed by atoms with E-state index in [1.54, 1.807) is 13.2 Å². The average molecular weight is 369 g/mol. The Morgan fingerprint density at radius 1 is 1.19 bits per heavy atom. The number of carbonyl (C=O) groups is 1. The second kappa shape index (κ2) is 5.40. The summed E-state index contributed by atoms with van der Waals surface area (Å²) in [6, 6.07) is 5.76. The molecule has 2 aromatic rings. The van der Waals surface area contributed by atoms with Crippen LogP contribution in [0.4, 0.5) is 6.01 Å². The van der Waals surface area contributed by atoms with Crippen molar-refractivity contribution < 1.29 is 13.9 Å². The van der Waals surface area contributed by atoms with Crippen molar-refractivity contribution in [3.05, 3.63) is 18.2 Å². The third kappa shape index (κ3) is 2.68. The first-order valence-electron chi connectivity index (χ1n) is 9.82. The first kappa shape index (κ1) is 16.9. The minimum absolute atomic E-state index is 0.0869. The summed E-state index contributed by atoms with van der Waals surface area (Å²) >= 11 is 0. The number of nitrogens with zero attached hydrogens (tertiary/aromatic N) is 1. The quantitative estimate of drug-likeness (QED) is 0.787. The van der Waals surface area contributed by atoms with Gasteiger partial charge in [-0.1, -0.05) is 13.8 Å². The Hall–Kier alpha value is -2.24. The molecule has 4 aliphatic carbocycles. The summed E-state index contributed by atoms with van der Waals surface area (Å²) in [7, 11) is 1.61. The smallest absolute Gasteiger partial charge is 0.315 e. The second-order valence-corrected chi connectivity index (χ2v) is 9.84. The molecule has 6 nitrogen and oxygen atoms in total. The molecule has 1 amide bonds. The number of anilines is 1. The fourth-order valence-electron chi connectivity index (χ4n) is 7.03. The summed E-state index contributed by atoms with van der Waals surface area (Å²) in [5.41, 5.74) is 7.51. The highest BCUT2D eigenvalue weighted by atomic mass is 16.5. The van der Waals surface area contributed by atoms with Crippen molar-refractivity contribution in [1.82, 2.24) is 10.4 Å². The Labute approximate surface area is 159 Å². The number of nitrogens with one attached hydrogen (secondary N) is 2. The lowest BCUT2D eigenvalue weighted by molar-refractivity contribution is -0.169. The van der Waals surface area contributed by atoms with Gasteiger partial charge in [-0.05, 0) is 67.4 Å². The molecule has 0 saturated heterocycles. The van der Waals surface area contributed by atoms with Gasteiger partial charge in [-0.25, -0.2) is 0 Å². The molecule has 4 aliphatic rings. The predicted molar refractivity (Wildman–Crippen MR) is 102 cm³/mol. The van der Waals surface area contributed by atoms with Gasteiger partial charge in [0.25, 0.3) is 0 Å². The topological polar surface area (TPSA) is 76.4 Å². The fraction of sp³-hybridized carbons (Fsp3) is 0.619. The van der Waals surface area contributed by atoms with Crippen LogP contribution in [0.25, 0.3) is 11.1 Å². The molecule has 4 bridgehead atoms. The van der Waals surface area contributed by atoms with E-state index in [0.29, 0.717) is 34.1 Å². The molecular weight excluding hydrogens is 342 g/mol. The van der Waals surface area contributed by atoms with Gasteiger partial charge < -0.3 is 9.15 Å². The van der Waals surface area contributed by atoms with Gasteiger partial charge in [0.05, 0.1) is 12.5 Å². The first-order chi connectivity index (χ1) is 12.8. The molecule has 6 heteroatoms. The molecule has 0 aliphatic heterocycles. The molecule has 0 radical (unpaired) electrons. The largest absolute Gasteiger partial charge is 0.497 e. The van der Waals surface area contributed by atoms with Crippen molar-refractivity contribution >= 4 is 23.0 Å². The molecule has 1 aromatic heterocycles. The molecule has 1 aromatic carbocycles. The number of ether oxygens (including phenoxy) is 1. The van der Waals surface area contributed by atoms with E-state index in [4.69, 9.17) is 9.15 Å². The van der Waals surface area contributed by atoms with Crippen LogP contribution in [0.3, 0.4) is 0 Å². The fourth-order valence-corrected chi connectivity index (χ4v) is 7.03. The van der Waals surface area contributed by atoms with E-state index >= 15 is 0 Å². The van der Waals surface area contributed by atoms with Gasteiger partial charge >= 0.3 is 6.01 Å². The summed E-state index contributed by atoms with van der Waals surface area (Å²) in [6.45, 7) is 4.75. The zero-order valence-electron chi connectivity index (χ0n) is 16.2. The minimum atomic E-state index is -0.259. The van der Waals surface area contributed by atoms with Crippen LogP contribution >= 0.6 is 0 Å². The highest BCUT2D eigenvalue weighted by molar-refractivity contribution is 5.84. The molecule has 6 rings (SSSR count). The Kier molecular flexibility index (Phi) is 3.38. The van der Waals surface area contributed by atoms with Crippen LogP contribution in [0, 0.1) is 22.2 Å². The highest BCUT2D eigenvalue weighted by Gasteiger charge is 2.62. The Morgan fingerprint density at radius 2 is 1.93 bits per heavy atom. The van der Waals surface area contributed by atoms with Crippen molar-refractivity contribution in [2.75, 3.05) is 12.5 Å². The molecule has 2 N–H and O–H groups in total. The van der Waals surface area contributed by atoms with Gasteiger partial charge in [0, 0.05) is 6.07 Å². The van der Waals surface area contributed by atoms with E-state index in [1.807, 2.05) is 12.1 Å². The number of carbonyl (C=O) groups excluding carboxylic acids is 1. The maximum absolute atomic E-state index is 13.2. The number of aromatic nitrogens is 1. The number of fused-ring (bicyclic) bond motifs is 1. The lowest BCUT2D eigenvalue weighted by Gasteiger charge is -2.64. The summed E-state index contributed by atoms with van der Waals surface area (Å²) < 4.78 is 10.9. The monoisotopic (exact) mass is 369 g/mol. The van der Waals surface area contributed by atoms with Crippen LogP contribution in [0.1, 0.15) is 52.4 Å². The molecule has 0 spiro atoms. The third-order valence-corrected chi connectivity index (χ3v) is 6.99. The molecule has 144 valence electrons. The minimum Gasteiger partial charge on any atom is -0.497 e. The van der Waals surface area contributed by atoms with Crippen molar-refractivity contribution in [3.63, 3.8) is 0 Å². The Bertz CT molecular complexity index is 903. The van der Waals surface area contributed by atoms with E-state index < -0.39 is 0 Å². The molecule has 2 unspecified atom stereocenters. The number of hydrogen-bond acceptors (Lipinski definition) is 5. The highest BCUT2D eigenvalue weighted by Crippen LogP contribution is 2.69. The molecular formula is C21H27N3O3. The Morgan fingerprint density at radius 3 is 2.59 bits per heavy atom. The second-order valence-electron chi connectivity index (χ2n) is 9.84. The SMILES string of the molecule is COc1ccc2nc(NNC(=O)C34CC5CC(C)(CC(C)(C5)C3)C4)oc2c1. The van der Waals surface area contributed by atoms with E-state index in [2.05, 4.69) is 29.7 Å². The predicted octanol–water partition coefficient (Wildman–Crippen LogP) is 4.28. The van der Waals surface area contributed by atoms with Crippen molar-refractivity contribution in [2.45, 2.75) is 52.4 Å². The van der Waals surface area contributed by atoms with Gasteiger partial charge in [0.2, 0.25) is 5.91 Å². The number of amides is 1. The Balaban J connectivity index is 1.34. The van der Waals surface area contributed by atoms with Crippen LogP contribution in [0.15, 0.2) is 22.6 Å². The van der Waals surface area contributed by atoms with Crippen molar-refractivity contribution in [1.29, 1.82) is 0 Å². The van der Waals surface area contributed by atoms with E-state index in [0.717, 1.165) is 24.8 Å². The molecule has 1 heterocycles. The van der Waals surface area contributed by atoms with Gasteiger partial charge in [-0.15, -0.1) is 0 Å². The van der Waals surface area contributed by atoms with Gasteiger partial charge in [0.1, 0.15) is 11.3 Å². The zero-order valence-corrected chi connectivity index (χ0v) is 16.2. The van der Waals surface area contributed by atoms with Gasteiger partial charge in [0.15, 0.2) is 5.58 Å². The summed E-state index contributed by atoms with van der Waals surface area (Å²) in [5, 5.41) is 0. The van der Waals surface area contributed by atoms with E-state index in [9.17, 15) is 4.79 Å². The maximum Gasteiger partial charge on any atom is 0.315 e. The van der Waals surface area contributed by atoms with E-state index in [-0.39, 0.29) is 11.3 Å². The molecule has 4 saturated carbocycles. The number of oxazole rings is 1. The standard InChI is InChI=1S/C21H27N3O3/c1-19-7-13-8-20(2,10-19)12-21(9-13,11-19)17(25)23-24-18-22-15-5-4-14(26-3)6-16(15)27-18/h4-6,13H,7-12H2,1-3H3,(H,22,24)(H,23,25). The molecule has 2 atom stereocenters. The van der Waals surface area contributed by atoms with Gasteiger partial charge in [-0.2, -0.15) is 4.98 Å². The molecule has 27 heavy (non-hydrogen) atoms. The van der Waals surface area contributed by atoms with Crippen LogP contribution < -0.4 is 15.6 Å². The summed E-state index contributed by atoms with van der Waals surface area (Å²) in [4.78, 5) is 17.6. The number of rotatable bonds is 4. The summed E-state index contributed by atoms with van der Waals surface area (Å²) in [5.74, 6) is 1.48. The number of methoxy groups -OCH3 is 1. The van der Waals surface area contributed by atoms with Crippen LogP contribution in [-0.2, 0) is 4.79 Å². The van der Waals surface area contributed by atoms with Crippen LogP contribution in [0.5, 0.6) is 5.75 Å². The van der Waals surface area contributed by atoms with Gasteiger partial charge in [-0.3, -0.25) is 15.6 Å².